The van der Waals surface area contributed by atoms with Gasteiger partial charge in [0.05, 0.1) is 33.8 Å². The molecule has 152 valence electrons. The Kier molecular flexibility index (Phi) is 6.39. The third kappa shape index (κ3) is 4.35. The fourth-order valence-corrected chi connectivity index (χ4v) is 3.71. The van der Waals surface area contributed by atoms with Gasteiger partial charge in [0, 0.05) is 30.9 Å². The molecule has 2 atom stereocenters. The van der Waals surface area contributed by atoms with Gasteiger partial charge in [0.25, 0.3) is 5.91 Å². The van der Waals surface area contributed by atoms with E-state index in [0.717, 1.165) is 13.0 Å². The van der Waals surface area contributed by atoms with Crippen molar-refractivity contribution in [2.24, 2.45) is 5.92 Å². The third-order valence-corrected chi connectivity index (χ3v) is 5.14. The molecule has 0 saturated carbocycles. The van der Waals surface area contributed by atoms with Gasteiger partial charge in [-0.15, -0.1) is 0 Å². The van der Waals surface area contributed by atoms with Gasteiger partial charge < -0.3 is 14.5 Å². The number of likely N-dealkylation sites (tertiary alicyclic amines) is 1. The minimum Gasteiger partial charge on any atom is -0.497 e. The van der Waals surface area contributed by atoms with Crippen LogP contribution in [-0.4, -0.2) is 61.7 Å². The summed E-state index contributed by atoms with van der Waals surface area (Å²) in [5.41, 5.74) is 1.04. The Balaban J connectivity index is 1.97. The van der Waals surface area contributed by atoms with Crippen LogP contribution < -0.4 is 9.64 Å². The van der Waals surface area contributed by atoms with Crippen molar-refractivity contribution in [3.8, 4) is 5.75 Å². The van der Waals surface area contributed by atoms with Crippen molar-refractivity contribution in [2.75, 3.05) is 34.3 Å². The first kappa shape index (κ1) is 20.7. The van der Waals surface area contributed by atoms with Crippen LogP contribution in [0.3, 0.4) is 0 Å². The highest BCUT2D eigenvalue weighted by molar-refractivity contribution is 6.44. The second kappa shape index (κ2) is 8.96. The van der Waals surface area contributed by atoms with Crippen molar-refractivity contribution in [3.05, 3.63) is 59.9 Å². The number of ketones is 2. The summed E-state index contributed by atoms with van der Waals surface area (Å²) >= 11 is 0. The summed E-state index contributed by atoms with van der Waals surface area (Å²) in [6.45, 7) is 1.27. The minimum atomic E-state index is -1.09. The Hall–Kier alpha value is -3.06. The number of aromatic nitrogens is 1. The number of carbonyl (C=O) groups excluding carboxylic acids is 3. The number of pyridine rings is 1. The molecule has 1 aromatic carbocycles. The van der Waals surface area contributed by atoms with Crippen molar-refractivity contribution in [1.82, 2.24) is 9.88 Å². The molecule has 1 aromatic heterocycles. The molecule has 1 aliphatic heterocycles. The van der Waals surface area contributed by atoms with E-state index >= 15 is 0 Å². The highest BCUT2D eigenvalue weighted by Gasteiger charge is 2.51. The molecule has 2 unspecified atom stereocenters. The molecule has 1 fully saturated rings. The lowest BCUT2D eigenvalue weighted by Gasteiger charge is -2.27. The Bertz CT molecular complexity index is 898. The number of benzene rings is 1. The Morgan fingerprint density at radius 2 is 2.00 bits per heavy atom. The lowest BCUT2D eigenvalue weighted by atomic mass is 9.87. The SMILES string of the molecule is COc1cccc(C(=O)C2C(=O)C(=O)N(CCC[NH+](C)C)C2c2cccnc2)c1. The predicted molar refractivity (Wildman–Crippen MR) is 107 cm³/mol. The van der Waals surface area contributed by atoms with Gasteiger partial charge >= 0.3 is 0 Å². The van der Waals surface area contributed by atoms with Crippen LogP contribution in [0.5, 0.6) is 5.75 Å². The number of quaternary nitrogens is 1. The largest absolute Gasteiger partial charge is 0.497 e. The predicted octanol–water partition coefficient (Wildman–Crippen LogP) is 0.576. The number of methoxy groups -OCH3 is 1. The summed E-state index contributed by atoms with van der Waals surface area (Å²) in [6.07, 6.45) is 3.98. The molecular formula is C22H26N3O4+. The Labute approximate surface area is 170 Å². The molecule has 1 amide bonds. The Morgan fingerprint density at radius 1 is 1.21 bits per heavy atom. The number of nitrogens with zero attached hydrogens (tertiary/aromatic N) is 2. The van der Waals surface area contributed by atoms with Gasteiger partial charge in [-0.05, 0) is 23.8 Å². The van der Waals surface area contributed by atoms with Gasteiger partial charge in [-0.3, -0.25) is 19.4 Å². The molecule has 0 aliphatic carbocycles. The smallest absolute Gasteiger partial charge is 0.291 e. The van der Waals surface area contributed by atoms with Crippen LogP contribution in [0.1, 0.15) is 28.4 Å². The van der Waals surface area contributed by atoms with E-state index in [-0.39, 0.29) is 5.78 Å². The number of carbonyl (C=O) groups is 3. The number of rotatable bonds is 8. The van der Waals surface area contributed by atoms with E-state index in [2.05, 4.69) is 4.98 Å². The highest BCUT2D eigenvalue weighted by atomic mass is 16.5. The molecule has 1 aliphatic rings. The van der Waals surface area contributed by atoms with Crippen molar-refractivity contribution in [1.29, 1.82) is 0 Å². The van der Waals surface area contributed by atoms with Crippen LogP contribution in [0.4, 0.5) is 0 Å². The van der Waals surface area contributed by atoms with Crippen molar-refractivity contribution in [3.63, 3.8) is 0 Å². The van der Waals surface area contributed by atoms with Gasteiger partial charge in [0.1, 0.15) is 11.7 Å². The molecule has 3 rings (SSSR count). The average molecular weight is 396 g/mol. The molecule has 0 radical (unpaired) electrons. The maximum absolute atomic E-state index is 13.3. The van der Waals surface area contributed by atoms with Gasteiger partial charge in [0.15, 0.2) is 5.78 Å². The van der Waals surface area contributed by atoms with Crippen LogP contribution in [-0.2, 0) is 9.59 Å². The minimum absolute atomic E-state index is 0.351. The summed E-state index contributed by atoms with van der Waals surface area (Å²) in [6, 6.07) is 9.56. The normalized spacial score (nSPS) is 19.1. The lowest BCUT2D eigenvalue weighted by Crippen LogP contribution is -3.05. The molecule has 1 N–H and O–H groups in total. The summed E-state index contributed by atoms with van der Waals surface area (Å²) in [5, 5.41) is 0. The van der Waals surface area contributed by atoms with Gasteiger partial charge in [-0.1, -0.05) is 18.2 Å². The van der Waals surface area contributed by atoms with E-state index in [1.54, 1.807) is 48.8 Å². The first-order chi connectivity index (χ1) is 13.9. The van der Waals surface area contributed by atoms with Crippen molar-refractivity contribution in [2.45, 2.75) is 12.5 Å². The molecule has 1 saturated heterocycles. The standard InChI is InChI=1S/C22H25N3O4/c1-24(2)11-6-12-25-19(16-8-5-10-23-14-16)18(21(27)22(25)28)20(26)15-7-4-9-17(13-15)29-3/h4-5,7-10,13-14,18-19H,6,11-12H2,1-3H3/p+1. The zero-order valence-corrected chi connectivity index (χ0v) is 16.9. The lowest BCUT2D eigenvalue weighted by molar-refractivity contribution is -0.858. The molecule has 7 heteroatoms. The molecule has 2 aromatic rings. The summed E-state index contributed by atoms with van der Waals surface area (Å²) < 4.78 is 5.20. The topological polar surface area (TPSA) is 81.0 Å². The number of ether oxygens (including phenoxy) is 1. The monoisotopic (exact) mass is 396 g/mol. The Morgan fingerprint density at radius 3 is 2.66 bits per heavy atom. The zero-order valence-electron chi connectivity index (χ0n) is 16.9. The number of hydrogen-bond acceptors (Lipinski definition) is 5. The van der Waals surface area contributed by atoms with Crippen LogP contribution in [0.25, 0.3) is 0 Å². The number of hydrogen-bond donors (Lipinski definition) is 1. The van der Waals surface area contributed by atoms with E-state index in [4.69, 9.17) is 4.74 Å². The molecule has 2 heterocycles. The first-order valence-corrected chi connectivity index (χ1v) is 9.66. The van der Waals surface area contributed by atoms with Crippen LogP contribution in [0.15, 0.2) is 48.8 Å². The van der Waals surface area contributed by atoms with E-state index < -0.39 is 23.7 Å². The number of nitrogens with one attached hydrogen (secondary N) is 1. The van der Waals surface area contributed by atoms with E-state index in [0.29, 0.717) is 23.4 Å². The summed E-state index contributed by atoms with van der Waals surface area (Å²) in [5.74, 6) is -2.21. The average Bonchev–Trinajstić information content (AvgIpc) is 2.98. The molecular weight excluding hydrogens is 370 g/mol. The highest BCUT2D eigenvalue weighted by Crippen LogP contribution is 2.38. The van der Waals surface area contributed by atoms with E-state index in [1.165, 1.54) is 16.9 Å². The maximum Gasteiger partial charge on any atom is 0.291 e. The van der Waals surface area contributed by atoms with E-state index in [9.17, 15) is 14.4 Å². The van der Waals surface area contributed by atoms with E-state index in [1.807, 2.05) is 14.1 Å². The number of amides is 1. The number of Topliss-reactive ketones (excluding diaryl/α,β-unsaturated/α-hetero) is 2. The molecule has 0 spiro atoms. The van der Waals surface area contributed by atoms with Gasteiger partial charge in [-0.25, -0.2) is 0 Å². The maximum atomic E-state index is 13.3. The zero-order chi connectivity index (χ0) is 21.0. The summed E-state index contributed by atoms with van der Waals surface area (Å²) in [4.78, 5) is 45.9. The van der Waals surface area contributed by atoms with Crippen molar-refractivity contribution < 1.29 is 24.0 Å². The first-order valence-electron chi connectivity index (χ1n) is 9.66. The molecule has 7 nitrogen and oxygen atoms in total. The molecule has 29 heavy (non-hydrogen) atoms. The second-order valence-corrected chi connectivity index (χ2v) is 7.48. The van der Waals surface area contributed by atoms with Gasteiger partial charge in [-0.2, -0.15) is 0 Å². The molecule has 0 bridgehead atoms. The summed E-state index contributed by atoms with van der Waals surface area (Å²) in [7, 11) is 5.58. The fourth-order valence-electron chi connectivity index (χ4n) is 3.71. The fraction of sp³-hybridized carbons (Fsp3) is 0.364. The van der Waals surface area contributed by atoms with Crippen LogP contribution in [0.2, 0.25) is 0 Å². The van der Waals surface area contributed by atoms with Crippen LogP contribution >= 0.6 is 0 Å². The quantitative estimate of drug-likeness (QED) is 0.401. The van der Waals surface area contributed by atoms with Gasteiger partial charge in [0.2, 0.25) is 5.78 Å². The van der Waals surface area contributed by atoms with Crippen LogP contribution in [0, 0.1) is 5.92 Å². The third-order valence-electron chi connectivity index (χ3n) is 5.14. The second-order valence-electron chi connectivity index (χ2n) is 7.48. The van der Waals surface area contributed by atoms with Crippen molar-refractivity contribution >= 4 is 17.5 Å².